The first-order valence-electron chi connectivity index (χ1n) is 4.12. The van der Waals surface area contributed by atoms with Crippen LogP contribution in [0.5, 0.6) is 0 Å². The van der Waals surface area contributed by atoms with Crippen molar-refractivity contribution >= 4 is 5.69 Å². The van der Waals surface area contributed by atoms with Gasteiger partial charge in [0.1, 0.15) is 5.56 Å². The smallest absolute Gasteiger partial charge is 0.284 e. The molecule has 14 heavy (non-hydrogen) atoms. The standard InChI is InChI=1S/C10H10N2O2/c1-11-8-4-6-9-5-2-3-7-10(9)12(13)14/h2-3,5,7,11H,8H2,1H3. The number of rotatable bonds is 2. The SMILES string of the molecule is CNCC#Cc1ccccc1[N+](=O)[O-]. The predicted molar refractivity (Wildman–Crippen MR) is 53.9 cm³/mol. The summed E-state index contributed by atoms with van der Waals surface area (Å²) in [6.07, 6.45) is 0. The Morgan fingerprint density at radius 2 is 2.21 bits per heavy atom. The number of nitro benzene ring substituents is 1. The molecule has 1 N–H and O–H groups in total. The van der Waals surface area contributed by atoms with E-state index in [1.807, 2.05) is 0 Å². The molecule has 0 saturated heterocycles. The van der Waals surface area contributed by atoms with Gasteiger partial charge in [0.2, 0.25) is 0 Å². The summed E-state index contributed by atoms with van der Waals surface area (Å²) in [6, 6.07) is 6.45. The highest BCUT2D eigenvalue weighted by Crippen LogP contribution is 2.15. The van der Waals surface area contributed by atoms with Gasteiger partial charge in [-0.05, 0) is 13.1 Å². The van der Waals surface area contributed by atoms with Crippen molar-refractivity contribution in [3.63, 3.8) is 0 Å². The molecule has 0 bridgehead atoms. The van der Waals surface area contributed by atoms with Gasteiger partial charge in [-0.15, -0.1) is 0 Å². The normalized spacial score (nSPS) is 8.93. The molecule has 4 nitrogen and oxygen atoms in total. The van der Waals surface area contributed by atoms with Crippen molar-refractivity contribution in [2.24, 2.45) is 0 Å². The molecule has 0 amide bonds. The van der Waals surface area contributed by atoms with Gasteiger partial charge in [0, 0.05) is 6.07 Å². The van der Waals surface area contributed by atoms with E-state index in [0.717, 1.165) is 0 Å². The van der Waals surface area contributed by atoms with Crippen molar-refractivity contribution in [1.82, 2.24) is 5.32 Å². The first-order valence-corrected chi connectivity index (χ1v) is 4.12. The molecule has 0 atom stereocenters. The molecule has 0 heterocycles. The molecule has 0 unspecified atom stereocenters. The minimum atomic E-state index is -0.427. The first kappa shape index (κ1) is 10.2. The van der Waals surface area contributed by atoms with Crippen LogP contribution in [0, 0.1) is 22.0 Å². The fourth-order valence-corrected chi connectivity index (χ4v) is 0.966. The van der Waals surface area contributed by atoms with Crippen molar-refractivity contribution in [2.75, 3.05) is 13.6 Å². The number of nitro groups is 1. The summed E-state index contributed by atoms with van der Waals surface area (Å²) >= 11 is 0. The summed E-state index contributed by atoms with van der Waals surface area (Å²) in [5.41, 5.74) is 0.504. The zero-order chi connectivity index (χ0) is 10.4. The van der Waals surface area contributed by atoms with E-state index in [4.69, 9.17) is 0 Å². The maximum absolute atomic E-state index is 10.6. The van der Waals surface area contributed by atoms with Crippen LogP contribution in [0.4, 0.5) is 5.69 Å². The van der Waals surface area contributed by atoms with Gasteiger partial charge in [0.25, 0.3) is 5.69 Å². The largest absolute Gasteiger partial charge is 0.309 e. The molecule has 0 fully saturated rings. The molecule has 72 valence electrons. The summed E-state index contributed by atoms with van der Waals surface area (Å²) in [5.74, 6) is 5.52. The lowest BCUT2D eigenvalue weighted by Gasteiger charge is -1.93. The second kappa shape index (κ2) is 5.00. The highest BCUT2D eigenvalue weighted by atomic mass is 16.6. The quantitative estimate of drug-likeness (QED) is 0.432. The Labute approximate surface area is 82.1 Å². The Hall–Kier alpha value is -1.86. The van der Waals surface area contributed by atoms with E-state index in [1.165, 1.54) is 6.07 Å². The van der Waals surface area contributed by atoms with Crippen LogP contribution in [0.25, 0.3) is 0 Å². The lowest BCUT2D eigenvalue weighted by Crippen LogP contribution is -2.04. The van der Waals surface area contributed by atoms with Crippen LogP contribution in [0.2, 0.25) is 0 Å². The minimum Gasteiger partial charge on any atom is -0.309 e. The Morgan fingerprint density at radius 1 is 1.50 bits per heavy atom. The summed E-state index contributed by atoms with van der Waals surface area (Å²) in [7, 11) is 1.77. The van der Waals surface area contributed by atoms with Crippen molar-refractivity contribution < 1.29 is 4.92 Å². The van der Waals surface area contributed by atoms with Crippen molar-refractivity contribution in [3.05, 3.63) is 39.9 Å². The third-order valence-electron chi connectivity index (χ3n) is 1.59. The molecule has 0 aliphatic heterocycles. The first-order chi connectivity index (χ1) is 6.75. The van der Waals surface area contributed by atoms with Crippen molar-refractivity contribution in [3.8, 4) is 11.8 Å². The van der Waals surface area contributed by atoms with Gasteiger partial charge >= 0.3 is 0 Å². The molecule has 0 saturated carbocycles. The third kappa shape index (κ3) is 2.57. The van der Waals surface area contributed by atoms with E-state index in [1.54, 1.807) is 25.2 Å². The monoisotopic (exact) mass is 190 g/mol. The van der Waals surface area contributed by atoms with E-state index in [9.17, 15) is 10.1 Å². The number of hydrogen-bond acceptors (Lipinski definition) is 3. The number of benzene rings is 1. The van der Waals surface area contributed by atoms with Crippen LogP contribution in [0.1, 0.15) is 5.56 Å². The Bertz CT molecular complexity index is 391. The van der Waals surface area contributed by atoms with Crippen LogP contribution < -0.4 is 5.32 Å². The van der Waals surface area contributed by atoms with Crippen LogP contribution in [-0.4, -0.2) is 18.5 Å². The molecule has 0 aromatic heterocycles. The molecule has 0 aliphatic carbocycles. The van der Waals surface area contributed by atoms with E-state index in [2.05, 4.69) is 17.2 Å². The van der Waals surface area contributed by atoms with Crippen molar-refractivity contribution in [2.45, 2.75) is 0 Å². The number of nitrogens with one attached hydrogen (secondary N) is 1. The topological polar surface area (TPSA) is 55.2 Å². The van der Waals surface area contributed by atoms with Crippen LogP contribution in [0.3, 0.4) is 0 Å². The van der Waals surface area contributed by atoms with Crippen LogP contribution in [-0.2, 0) is 0 Å². The van der Waals surface area contributed by atoms with E-state index in [0.29, 0.717) is 12.1 Å². The maximum Gasteiger partial charge on any atom is 0.284 e. The van der Waals surface area contributed by atoms with Crippen LogP contribution in [0.15, 0.2) is 24.3 Å². The van der Waals surface area contributed by atoms with Gasteiger partial charge < -0.3 is 5.32 Å². The molecular weight excluding hydrogens is 180 g/mol. The summed E-state index contributed by atoms with van der Waals surface area (Å²) in [6.45, 7) is 0.520. The van der Waals surface area contributed by atoms with Gasteiger partial charge in [-0.3, -0.25) is 10.1 Å². The molecule has 1 aromatic rings. The van der Waals surface area contributed by atoms with Crippen molar-refractivity contribution in [1.29, 1.82) is 0 Å². The highest BCUT2D eigenvalue weighted by molar-refractivity contribution is 5.50. The Morgan fingerprint density at radius 3 is 2.86 bits per heavy atom. The van der Waals surface area contributed by atoms with E-state index >= 15 is 0 Å². The number of hydrogen-bond donors (Lipinski definition) is 1. The molecule has 0 radical (unpaired) electrons. The second-order valence-electron chi connectivity index (χ2n) is 2.61. The zero-order valence-corrected chi connectivity index (χ0v) is 7.78. The Balaban J connectivity index is 2.97. The number of nitrogens with zero attached hydrogens (tertiary/aromatic N) is 1. The predicted octanol–water partition coefficient (Wildman–Crippen LogP) is 1.17. The lowest BCUT2D eigenvalue weighted by atomic mass is 10.2. The van der Waals surface area contributed by atoms with Gasteiger partial charge in [0.05, 0.1) is 11.5 Å². The second-order valence-corrected chi connectivity index (χ2v) is 2.61. The van der Waals surface area contributed by atoms with Gasteiger partial charge in [-0.2, -0.15) is 0 Å². The zero-order valence-electron chi connectivity index (χ0n) is 7.78. The summed E-state index contributed by atoms with van der Waals surface area (Å²) in [5, 5.41) is 13.4. The van der Waals surface area contributed by atoms with Crippen LogP contribution >= 0.6 is 0 Å². The summed E-state index contributed by atoms with van der Waals surface area (Å²) in [4.78, 5) is 10.1. The number of para-hydroxylation sites is 1. The highest BCUT2D eigenvalue weighted by Gasteiger charge is 2.08. The Kier molecular flexibility index (Phi) is 3.65. The fourth-order valence-electron chi connectivity index (χ4n) is 0.966. The molecule has 4 heteroatoms. The van der Waals surface area contributed by atoms with Gasteiger partial charge in [0.15, 0.2) is 0 Å². The third-order valence-corrected chi connectivity index (χ3v) is 1.59. The molecular formula is C10H10N2O2. The molecule has 1 aromatic carbocycles. The van der Waals surface area contributed by atoms with Gasteiger partial charge in [-0.25, -0.2) is 0 Å². The molecule has 0 aliphatic rings. The summed E-state index contributed by atoms with van der Waals surface area (Å²) < 4.78 is 0. The average Bonchev–Trinajstić information content (AvgIpc) is 2.19. The van der Waals surface area contributed by atoms with E-state index in [-0.39, 0.29) is 5.69 Å². The van der Waals surface area contributed by atoms with E-state index < -0.39 is 4.92 Å². The maximum atomic E-state index is 10.6. The van der Waals surface area contributed by atoms with Gasteiger partial charge in [-0.1, -0.05) is 24.0 Å². The molecule has 0 spiro atoms. The average molecular weight is 190 g/mol. The fraction of sp³-hybridized carbons (Fsp3) is 0.200. The minimum absolute atomic E-state index is 0.0519. The lowest BCUT2D eigenvalue weighted by molar-refractivity contribution is -0.385. The molecule has 1 rings (SSSR count).